The zero-order valence-corrected chi connectivity index (χ0v) is 8.87. The highest BCUT2D eigenvalue weighted by Crippen LogP contribution is 2.15. The van der Waals surface area contributed by atoms with Crippen LogP contribution in [-0.4, -0.2) is 19.2 Å². The molecule has 4 heteroatoms. The number of rotatable bonds is 5. The fourth-order valence-corrected chi connectivity index (χ4v) is 0.993. The zero-order chi connectivity index (χ0) is 11.1. The van der Waals surface area contributed by atoms with Gasteiger partial charge in [0.15, 0.2) is 6.61 Å². The van der Waals surface area contributed by atoms with Gasteiger partial charge in [0.1, 0.15) is 12.4 Å². The summed E-state index contributed by atoms with van der Waals surface area (Å²) in [7, 11) is 0. The summed E-state index contributed by atoms with van der Waals surface area (Å²) in [5, 5.41) is 0.622. The third kappa shape index (κ3) is 4.51. The SMILES string of the molecule is C=CCOC(=O)COc1ccc(Cl)cc1. The summed E-state index contributed by atoms with van der Waals surface area (Å²) in [6, 6.07) is 6.74. The topological polar surface area (TPSA) is 35.5 Å². The minimum atomic E-state index is -0.426. The van der Waals surface area contributed by atoms with Gasteiger partial charge in [0.2, 0.25) is 0 Å². The first-order valence-corrected chi connectivity index (χ1v) is 4.75. The number of carbonyl (C=O) groups excluding carboxylic acids is 1. The first kappa shape index (κ1) is 11.6. The molecular weight excluding hydrogens is 216 g/mol. The number of hydrogen-bond acceptors (Lipinski definition) is 3. The Hall–Kier alpha value is -1.48. The van der Waals surface area contributed by atoms with E-state index in [1.807, 2.05) is 0 Å². The number of esters is 1. The van der Waals surface area contributed by atoms with Gasteiger partial charge >= 0.3 is 5.97 Å². The van der Waals surface area contributed by atoms with Gasteiger partial charge in [-0.15, -0.1) is 0 Å². The van der Waals surface area contributed by atoms with E-state index in [-0.39, 0.29) is 13.2 Å². The lowest BCUT2D eigenvalue weighted by Crippen LogP contribution is -2.14. The second-order valence-electron chi connectivity index (χ2n) is 2.71. The molecule has 0 atom stereocenters. The van der Waals surface area contributed by atoms with Crippen LogP contribution in [0.3, 0.4) is 0 Å². The third-order valence-electron chi connectivity index (χ3n) is 1.53. The summed E-state index contributed by atoms with van der Waals surface area (Å²) in [6.07, 6.45) is 1.50. The molecule has 15 heavy (non-hydrogen) atoms. The van der Waals surface area contributed by atoms with Gasteiger partial charge < -0.3 is 9.47 Å². The molecule has 0 saturated carbocycles. The first-order valence-electron chi connectivity index (χ1n) is 4.37. The highest BCUT2D eigenvalue weighted by Gasteiger charge is 2.02. The zero-order valence-electron chi connectivity index (χ0n) is 8.11. The molecule has 0 saturated heterocycles. The minimum absolute atomic E-state index is 0.116. The van der Waals surface area contributed by atoms with Gasteiger partial charge in [-0.25, -0.2) is 4.79 Å². The van der Waals surface area contributed by atoms with E-state index in [1.54, 1.807) is 24.3 Å². The molecule has 1 rings (SSSR count). The number of hydrogen-bond donors (Lipinski definition) is 0. The Morgan fingerprint density at radius 3 is 2.67 bits per heavy atom. The van der Waals surface area contributed by atoms with Crippen LogP contribution >= 0.6 is 11.6 Å². The Labute approximate surface area is 93.3 Å². The number of ether oxygens (including phenoxy) is 2. The molecule has 0 spiro atoms. The molecule has 0 radical (unpaired) electrons. The number of carbonyl (C=O) groups is 1. The summed E-state index contributed by atoms with van der Waals surface area (Å²) >= 11 is 5.68. The van der Waals surface area contributed by atoms with Crippen molar-refractivity contribution in [2.75, 3.05) is 13.2 Å². The average Bonchev–Trinajstić information content (AvgIpc) is 2.25. The molecule has 0 N–H and O–H groups in total. The fourth-order valence-electron chi connectivity index (χ4n) is 0.867. The predicted molar refractivity (Wildman–Crippen MR) is 58.1 cm³/mol. The van der Waals surface area contributed by atoms with Gasteiger partial charge in [-0.05, 0) is 24.3 Å². The molecule has 0 unspecified atom stereocenters. The van der Waals surface area contributed by atoms with Gasteiger partial charge in [0.05, 0.1) is 0 Å². The summed E-state index contributed by atoms with van der Waals surface area (Å²) in [6.45, 7) is 3.51. The molecule has 0 heterocycles. The maximum Gasteiger partial charge on any atom is 0.344 e. The van der Waals surface area contributed by atoms with Gasteiger partial charge in [-0.1, -0.05) is 24.3 Å². The van der Waals surface area contributed by atoms with E-state index in [0.717, 1.165) is 0 Å². The van der Waals surface area contributed by atoms with Crippen molar-refractivity contribution < 1.29 is 14.3 Å². The van der Waals surface area contributed by atoms with Crippen LogP contribution in [0.5, 0.6) is 5.75 Å². The molecule has 80 valence electrons. The van der Waals surface area contributed by atoms with Crippen LogP contribution < -0.4 is 4.74 Å². The lowest BCUT2D eigenvalue weighted by atomic mass is 10.3. The van der Waals surface area contributed by atoms with Crippen LogP contribution in [0.2, 0.25) is 5.02 Å². The van der Waals surface area contributed by atoms with E-state index in [9.17, 15) is 4.79 Å². The maximum absolute atomic E-state index is 11.0. The standard InChI is InChI=1S/C11H11ClO3/c1-2-7-14-11(13)8-15-10-5-3-9(12)4-6-10/h2-6H,1,7-8H2. The molecule has 1 aromatic rings. The smallest absolute Gasteiger partial charge is 0.344 e. The average molecular weight is 227 g/mol. The van der Waals surface area contributed by atoms with E-state index in [2.05, 4.69) is 6.58 Å². The van der Waals surface area contributed by atoms with Crippen molar-refractivity contribution in [1.29, 1.82) is 0 Å². The van der Waals surface area contributed by atoms with Crippen LogP contribution in [0.15, 0.2) is 36.9 Å². The monoisotopic (exact) mass is 226 g/mol. The van der Waals surface area contributed by atoms with Crippen LogP contribution in [0.4, 0.5) is 0 Å². The Balaban J connectivity index is 2.33. The normalized spacial score (nSPS) is 9.40. The fraction of sp³-hybridized carbons (Fsp3) is 0.182. The summed E-state index contributed by atoms with van der Waals surface area (Å²) in [4.78, 5) is 11.0. The third-order valence-corrected chi connectivity index (χ3v) is 1.78. The van der Waals surface area contributed by atoms with Crippen LogP contribution in [0.25, 0.3) is 0 Å². The van der Waals surface area contributed by atoms with Crippen molar-refractivity contribution in [2.24, 2.45) is 0 Å². The lowest BCUT2D eigenvalue weighted by molar-refractivity contribution is -0.144. The quantitative estimate of drug-likeness (QED) is 0.572. The predicted octanol–water partition coefficient (Wildman–Crippen LogP) is 2.45. The van der Waals surface area contributed by atoms with E-state index in [1.165, 1.54) is 6.08 Å². The van der Waals surface area contributed by atoms with Crippen LogP contribution in [0.1, 0.15) is 0 Å². The Bertz CT molecular complexity index is 332. The van der Waals surface area contributed by atoms with E-state index in [4.69, 9.17) is 21.1 Å². The molecule has 0 aliphatic rings. The highest BCUT2D eigenvalue weighted by atomic mass is 35.5. The lowest BCUT2D eigenvalue weighted by Gasteiger charge is -2.05. The van der Waals surface area contributed by atoms with Gasteiger partial charge in [-0.3, -0.25) is 0 Å². The Kier molecular flexibility index (Phi) is 4.71. The highest BCUT2D eigenvalue weighted by molar-refractivity contribution is 6.30. The molecule has 0 fully saturated rings. The largest absolute Gasteiger partial charge is 0.482 e. The Morgan fingerprint density at radius 2 is 2.07 bits per heavy atom. The first-order chi connectivity index (χ1) is 7.22. The van der Waals surface area contributed by atoms with Crippen molar-refractivity contribution >= 4 is 17.6 Å². The van der Waals surface area contributed by atoms with Crippen molar-refractivity contribution in [3.8, 4) is 5.75 Å². The molecule has 0 amide bonds. The van der Waals surface area contributed by atoms with Crippen LogP contribution in [0, 0.1) is 0 Å². The molecule has 3 nitrogen and oxygen atoms in total. The molecular formula is C11H11ClO3. The van der Waals surface area contributed by atoms with Gasteiger partial charge in [0.25, 0.3) is 0 Å². The van der Waals surface area contributed by atoms with Crippen molar-refractivity contribution in [1.82, 2.24) is 0 Å². The van der Waals surface area contributed by atoms with Crippen LogP contribution in [-0.2, 0) is 9.53 Å². The second-order valence-corrected chi connectivity index (χ2v) is 3.15. The van der Waals surface area contributed by atoms with Crippen molar-refractivity contribution in [2.45, 2.75) is 0 Å². The van der Waals surface area contributed by atoms with E-state index < -0.39 is 5.97 Å². The number of halogens is 1. The summed E-state index contributed by atoms with van der Waals surface area (Å²) < 4.78 is 9.88. The molecule has 0 aromatic heterocycles. The molecule has 0 bridgehead atoms. The number of benzene rings is 1. The maximum atomic E-state index is 11.0. The van der Waals surface area contributed by atoms with E-state index >= 15 is 0 Å². The van der Waals surface area contributed by atoms with Crippen molar-refractivity contribution in [3.63, 3.8) is 0 Å². The van der Waals surface area contributed by atoms with E-state index in [0.29, 0.717) is 10.8 Å². The Morgan fingerprint density at radius 1 is 1.40 bits per heavy atom. The summed E-state index contributed by atoms with van der Waals surface area (Å²) in [5.74, 6) is 0.153. The second kappa shape index (κ2) is 6.09. The van der Waals surface area contributed by atoms with Gasteiger partial charge in [-0.2, -0.15) is 0 Å². The minimum Gasteiger partial charge on any atom is -0.482 e. The molecule has 0 aliphatic heterocycles. The van der Waals surface area contributed by atoms with Crippen molar-refractivity contribution in [3.05, 3.63) is 41.9 Å². The summed E-state index contributed by atoms with van der Waals surface area (Å²) in [5.41, 5.74) is 0. The molecule has 0 aliphatic carbocycles. The molecule has 1 aromatic carbocycles. The van der Waals surface area contributed by atoms with Gasteiger partial charge in [0, 0.05) is 5.02 Å².